The Balaban J connectivity index is 2.60. The molecule has 1 rings (SSSR count). The molecule has 0 amide bonds. The fourth-order valence-electron chi connectivity index (χ4n) is 1.66. The lowest BCUT2D eigenvalue weighted by Crippen LogP contribution is -2.33. The van der Waals surface area contributed by atoms with Gasteiger partial charge in [-0.15, -0.1) is 0 Å². The fraction of sp³-hybridized carbons (Fsp3) is 0.818. The molecule has 0 aliphatic heterocycles. The third-order valence-corrected chi connectivity index (χ3v) is 2.56. The van der Waals surface area contributed by atoms with Crippen molar-refractivity contribution in [3.8, 4) is 0 Å². The summed E-state index contributed by atoms with van der Waals surface area (Å²) in [5.41, 5.74) is 0. The summed E-state index contributed by atoms with van der Waals surface area (Å²) in [5, 5.41) is 6.69. The molecule has 1 N–H and O–H groups in total. The minimum atomic E-state index is -4.18. The Hall–Kier alpha value is -1.11. The van der Waals surface area contributed by atoms with Gasteiger partial charge in [0.1, 0.15) is 5.82 Å². The lowest BCUT2D eigenvalue weighted by Gasteiger charge is -2.15. The van der Waals surface area contributed by atoms with Gasteiger partial charge in [0, 0.05) is 19.4 Å². The van der Waals surface area contributed by atoms with Crippen LogP contribution in [0, 0.1) is 0 Å². The second-order valence-electron chi connectivity index (χ2n) is 4.19. The van der Waals surface area contributed by atoms with Crippen LogP contribution in [0.15, 0.2) is 0 Å². The summed E-state index contributed by atoms with van der Waals surface area (Å²) in [4.78, 5) is 4.33. The van der Waals surface area contributed by atoms with E-state index in [4.69, 9.17) is 0 Å². The number of hydrogen-bond donors (Lipinski definition) is 1. The molecule has 0 aromatic carbocycles. The molecule has 1 aromatic heterocycles. The second kappa shape index (κ2) is 6.17. The van der Waals surface area contributed by atoms with Crippen LogP contribution >= 0.6 is 0 Å². The average molecular weight is 264 g/mol. The molecule has 1 aromatic rings. The van der Waals surface area contributed by atoms with Gasteiger partial charge in [0.05, 0.1) is 12.6 Å². The van der Waals surface area contributed by atoms with Crippen LogP contribution < -0.4 is 5.32 Å². The number of nitrogens with zero attached hydrogens (tertiary/aromatic N) is 3. The fourth-order valence-corrected chi connectivity index (χ4v) is 1.66. The summed E-state index contributed by atoms with van der Waals surface area (Å²) < 4.78 is 37.8. The maximum atomic E-state index is 12.0. The normalized spacial score (nSPS) is 13.9. The van der Waals surface area contributed by atoms with Crippen LogP contribution in [-0.2, 0) is 12.8 Å². The molecule has 0 saturated carbocycles. The van der Waals surface area contributed by atoms with Crippen molar-refractivity contribution in [2.24, 2.45) is 0 Å². The zero-order valence-electron chi connectivity index (χ0n) is 10.9. The highest BCUT2D eigenvalue weighted by atomic mass is 19.4. The first-order chi connectivity index (χ1) is 8.37. The predicted molar refractivity (Wildman–Crippen MR) is 62.4 cm³/mol. The quantitative estimate of drug-likeness (QED) is 0.855. The first-order valence-corrected chi connectivity index (χ1v) is 6.09. The van der Waals surface area contributed by atoms with Gasteiger partial charge in [0.25, 0.3) is 0 Å². The van der Waals surface area contributed by atoms with Crippen molar-refractivity contribution in [2.45, 2.75) is 45.8 Å². The number of aryl methyl sites for hydroxylation is 2. The topological polar surface area (TPSA) is 42.7 Å². The summed E-state index contributed by atoms with van der Waals surface area (Å²) in [6.07, 6.45) is -2.73. The molecular formula is C11H19F3N4. The van der Waals surface area contributed by atoms with Crippen molar-refractivity contribution in [2.75, 3.05) is 13.1 Å². The molecule has 0 fully saturated rings. The molecule has 4 nitrogen and oxygen atoms in total. The maximum absolute atomic E-state index is 12.0. The highest BCUT2D eigenvalue weighted by molar-refractivity contribution is 4.94. The molecule has 0 spiro atoms. The molecule has 0 radical (unpaired) electrons. The summed E-state index contributed by atoms with van der Waals surface area (Å²) in [6, 6.07) is -0.143. The summed E-state index contributed by atoms with van der Waals surface area (Å²) in [6.45, 7) is 4.98. The Labute approximate surface area is 105 Å². The number of halogens is 3. The highest BCUT2D eigenvalue weighted by Crippen LogP contribution is 2.13. The Morgan fingerprint density at radius 3 is 2.44 bits per heavy atom. The number of rotatable bonds is 6. The number of alkyl halides is 3. The van der Waals surface area contributed by atoms with Crippen LogP contribution in [0.2, 0.25) is 0 Å². The number of nitrogens with one attached hydrogen (secondary N) is 1. The van der Waals surface area contributed by atoms with E-state index in [1.165, 1.54) is 0 Å². The molecule has 1 unspecified atom stereocenters. The third-order valence-electron chi connectivity index (χ3n) is 2.56. The second-order valence-corrected chi connectivity index (χ2v) is 4.19. The smallest absolute Gasteiger partial charge is 0.307 e. The van der Waals surface area contributed by atoms with E-state index in [9.17, 15) is 13.2 Å². The van der Waals surface area contributed by atoms with Gasteiger partial charge in [-0.2, -0.15) is 18.3 Å². The van der Waals surface area contributed by atoms with Gasteiger partial charge in [0.2, 0.25) is 0 Å². The Bertz CT molecular complexity index is 373. The van der Waals surface area contributed by atoms with Gasteiger partial charge in [-0.05, 0) is 6.92 Å². The average Bonchev–Trinajstić information content (AvgIpc) is 2.70. The van der Waals surface area contributed by atoms with Crippen LogP contribution in [-0.4, -0.2) is 34.0 Å². The van der Waals surface area contributed by atoms with E-state index in [1.807, 2.05) is 20.8 Å². The van der Waals surface area contributed by atoms with Gasteiger partial charge in [-0.3, -0.25) is 0 Å². The van der Waals surface area contributed by atoms with Crippen LogP contribution in [0.5, 0.6) is 0 Å². The Morgan fingerprint density at radius 1 is 1.28 bits per heavy atom. The lowest BCUT2D eigenvalue weighted by molar-refractivity contribution is -0.125. The summed E-state index contributed by atoms with van der Waals surface area (Å²) >= 11 is 0. The first kappa shape index (κ1) is 14.9. The monoisotopic (exact) mass is 264 g/mol. The van der Waals surface area contributed by atoms with E-state index in [1.54, 1.807) is 4.68 Å². The molecule has 0 bridgehead atoms. The van der Waals surface area contributed by atoms with Crippen molar-refractivity contribution < 1.29 is 13.2 Å². The van der Waals surface area contributed by atoms with E-state index < -0.39 is 12.7 Å². The minimum absolute atomic E-state index is 0.143. The third kappa shape index (κ3) is 4.29. The first-order valence-electron chi connectivity index (χ1n) is 6.09. The van der Waals surface area contributed by atoms with E-state index >= 15 is 0 Å². The molecule has 18 heavy (non-hydrogen) atoms. The lowest BCUT2D eigenvalue weighted by atomic mass is 10.3. The van der Waals surface area contributed by atoms with Gasteiger partial charge in [-0.1, -0.05) is 13.8 Å². The van der Waals surface area contributed by atoms with Gasteiger partial charge in [-0.25, -0.2) is 9.67 Å². The van der Waals surface area contributed by atoms with Crippen molar-refractivity contribution in [3.05, 3.63) is 11.6 Å². The molecule has 104 valence electrons. The largest absolute Gasteiger partial charge is 0.401 e. The highest BCUT2D eigenvalue weighted by Gasteiger charge is 2.26. The van der Waals surface area contributed by atoms with Crippen LogP contribution in [0.4, 0.5) is 13.2 Å². The molecule has 1 atom stereocenters. The molecule has 0 saturated heterocycles. The maximum Gasteiger partial charge on any atom is 0.401 e. The summed E-state index contributed by atoms with van der Waals surface area (Å²) in [7, 11) is 0. The van der Waals surface area contributed by atoms with E-state index in [0.29, 0.717) is 0 Å². The molecule has 0 aliphatic carbocycles. The van der Waals surface area contributed by atoms with Gasteiger partial charge in [0.15, 0.2) is 5.82 Å². The molecule has 1 heterocycles. The number of hydrogen-bond acceptors (Lipinski definition) is 3. The zero-order chi connectivity index (χ0) is 13.8. The van der Waals surface area contributed by atoms with Gasteiger partial charge >= 0.3 is 6.18 Å². The standard InChI is InChI=1S/C11H19F3N4/c1-4-9-16-10(5-2)18(17-9)8(3)6-15-7-11(12,13)14/h8,15H,4-7H2,1-3H3. The Morgan fingerprint density at radius 2 is 1.94 bits per heavy atom. The van der Waals surface area contributed by atoms with Crippen molar-refractivity contribution in [1.29, 1.82) is 0 Å². The van der Waals surface area contributed by atoms with Crippen molar-refractivity contribution in [3.63, 3.8) is 0 Å². The number of aromatic nitrogens is 3. The van der Waals surface area contributed by atoms with E-state index in [2.05, 4.69) is 15.4 Å². The predicted octanol–water partition coefficient (Wildman–Crippen LogP) is 2.12. The summed E-state index contributed by atoms with van der Waals surface area (Å²) in [5.74, 6) is 1.54. The zero-order valence-corrected chi connectivity index (χ0v) is 10.9. The van der Waals surface area contributed by atoms with Crippen LogP contribution in [0.25, 0.3) is 0 Å². The Kier molecular flexibility index (Phi) is 5.13. The van der Waals surface area contributed by atoms with E-state index in [0.717, 1.165) is 24.5 Å². The van der Waals surface area contributed by atoms with Crippen molar-refractivity contribution in [1.82, 2.24) is 20.1 Å². The van der Waals surface area contributed by atoms with E-state index in [-0.39, 0.29) is 12.6 Å². The minimum Gasteiger partial charge on any atom is -0.307 e. The van der Waals surface area contributed by atoms with Crippen LogP contribution in [0.3, 0.4) is 0 Å². The molecular weight excluding hydrogens is 245 g/mol. The molecule has 7 heteroatoms. The van der Waals surface area contributed by atoms with Gasteiger partial charge < -0.3 is 5.32 Å². The van der Waals surface area contributed by atoms with Crippen molar-refractivity contribution >= 4 is 0 Å². The molecule has 0 aliphatic rings. The van der Waals surface area contributed by atoms with Crippen LogP contribution in [0.1, 0.15) is 38.5 Å². The SMILES string of the molecule is CCc1nc(CC)n(C(C)CNCC(F)(F)F)n1.